The molecule has 5 nitrogen and oxygen atoms in total. The number of likely N-dealkylation sites (tertiary alicyclic amines) is 1. The van der Waals surface area contributed by atoms with Gasteiger partial charge in [-0.05, 0) is 37.5 Å². The molecular formula is C18H26N4O. The van der Waals surface area contributed by atoms with E-state index in [0.29, 0.717) is 0 Å². The normalized spacial score (nSPS) is 21.8. The van der Waals surface area contributed by atoms with E-state index in [4.69, 9.17) is 14.7 Å². The van der Waals surface area contributed by atoms with Crippen LogP contribution in [0.1, 0.15) is 24.8 Å². The van der Waals surface area contributed by atoms with Crippen LogP contribution in [0.4, 0.5) is 5.69 Å². The van der Waals surface area contributed by atoms with Gasteiger partial charge in [0.15, 0.2) is 0 Å². The molecule has 0 bridgehead atoms. The summed E-state index contributed by atoms with van der Waals surface area (Å²) in [7, 11) is 2.13. The van der Waals surface area contributed by atoms with Gasteiger partial charge >= 0.3 is 0 Å². The molecule has 23 heavy (non-hydrogen) atoms. The highest BCUT2D eigenvalue weighted by atomic mass is 16.5. The molecule has 0 radical (unpaired) electrons. The van der Waals surface area contributed by atoms with Crippen LogP contribution in [0.5, 0.6) is 0 Å². The summed E-state index contributed by atoms with van der Waals surface area (Å²) in [4.78, 5) is 14.3. The minimum absolute atomic E-state index is 0.744. The number of morpholine rings is 1. The molecule has 124 valence electrons. The van der Waals surface area contributed by atoms with E-state index in [1.54, 1.807) is 0 Å². The molecule has 3 rings (SSSR count). The van der Waals surface area contributed by atoms with E-state index in [-0.39, 0.29) is 0 Å². The molecule has 0 aliphatic carbocycles. The minimum atomic E-state index is 0.744. The van der Waals surface area contributed by atoms with Crippen molar-refractivity contribution in [3.05, 3.63) is 29.8 Å². The van der Waals surface area contributed by atoms with E-state index < -0.39 is 0 Å². The van der Waals surface area contributed by atoms with Gasteiger partial charge < -0.3 is 14.5 Å². The van der Waals surface area contributed by atoms with Gasteiger partial charge in [-0.25, -0.2) is 4.99 Å². The maximum atomic E-state index is 5.47. The number of rotatable bonds is 1. The van der Waals surface area contributed by atoms with E-state index in [1.165, 1.54) is 18.4 Å². The third-order valence-corrected chi connectivity index (χ3v) is 4.34. The minimum Gasteiger partial charge on any atom is -0.378 e. The van der Waals surface area contributed by atoms with Crippen LogP contribution in [0.15, 0.2) is 34.3 Å². The van der Waals surface area contributed by atoms with Crippen LogP contribution in [0.2, 0.25) is 0 Å². The number of nitrogens with zero attached hydrogens (tertiary/aromatic N) is 4. The van der Waals surface area contributed by atoms with E-state index >= 15 is 0 Å². The summed E-state index contributed by atoms with van der Waals surface area (Å²) in [5.41, 5.74) is 2.18. The molecule has 2 saturated heterocycles. The van der Waals surface area contributed by atoms with Gasteiger partial charge in [-0.3, -0.25) is 0 Å². The third kappa shape index (κ3) is 4.32. The van der Waals surface area contributed by atoms with Gasteiger partial charge in [-0.15, -0.1) is 0 Å². The lowest BCUT2D eigenvalue weighted by Crippen LogP contribution is -2.41. The number of hydrogen-bond acceptors (Lipinski definition) is 2. The highest BCUT2D eigenvalue weighted by molar-refractivity contribution is 5.97. The smallest absolute Gasteiger partial charge is 0.227 e. The fraction of sp³-hybridized carbons (Fsp3) is 0.556. The Bertz CT molecular complexity index is 590. The monoisotopic (exact) mass is 314 g/mol. The second-order valence-electron chi connectivity index (χ2n) is 6.26. The number of aliphatic imine (C=N–C) groups is 2. The van der Waals surface area contributed by atoms with Crippen molar-refractivity contribution in [1.82, 2.24) is 9.80 Å². The van der Waals surface area contributed by atoms with Crippen molar-refractivity contribution in [2.75, 3.05) is 39.9 Å². The van der Waals surface area contributed by atoms with Crippen LogP contribution in [0, 0.1) is 6.92 Å². The second kappa shape index (κ2) is 7.59. The Morgan fingerprint density at radius 3 is 2.70 bits per heavy atom. The maximum Gasteiger partial charge on any atom is 0.227 e. The lowest BCUT2D eigenvalue weighted by molar-refractivity contribution is 0.0676. The summed E-state index contributed by atoms with van der Waals surface area (Å²) in [6.07, 6.45) is 3.50. The van der Waals surface area contributed by atoms with Gasteiger partial charge in [-0.2, -0.15) is 4.99 Å². The van der Waals surface area contributed by atoms with Crippen molar-refractivity contribution in [3.8, 4) is 0 Å². The Morgan fingerprint density at radius 2 is 1.96 bits per heavy atom. The first-order chi connectivity index (χ1) is 11.2. The summed E-state index contributed by atoms with van der Waals surface area (Å²) in [6, 6.07) is 8.28. The third-order valence-electron chi connectivity index (χ3n) is 4.34. The fourth-order valence-electron chi connectivity index (χ4n) is 2.95. The summed E-state index contributed by atoms with van der Waals surface area (Å²) in [5, 5.41) is 0. The van der Waals surface area contributed by atoms with Crippen molar-refractivity contribution in [1.29, 1.82) is 0 Å². The van der Waals surface area contributed by atoms with Gasteiger partial charge in [0.25, 0.3) is 0 Å². The first-order valence-electron chi connectivity index (χ1n) is 8.49. The molecule has 0 saturated carbocycles. The molecule has 0 unspecified atom stereocenters. The highest BCUT2D eigenvalue weighted by Crippen LogP contribution is 2.17. The first kappa shape index (κ1) is 16.0. The highest BCUT2D eigenvalue weighted by Gasteiger charge is 2.18. The standard InChI is InChI=1S/C18H26N4O/c1-15-6-5-7-16(14-15)19-18(22-10-12-23-13-11-22)20-17-8-3-4-9-21(17)2/h5-7,14H,3-4,8-13H2,1-2H3. The number of benzene rings is 1. The number of amidine groups is 1. The van der Waals surface area contributed by atoms with Gasteiger partial charge in [-0.1, -0.05) is 12.1 Å². The molecule has 0 N–H and O–H groups in total. The number of piperidine rings is 1. The van der Waals surface area contributed by atoms with Crippen LogP contribution in [-0.4, -0.2) is 61.5 Å². The molecule has 0 aromatic heterocycles. The van der Waals surface area contributed by atoms with Gasteiger partial charge in [0, 0.05) is 33.1 Å². The Morgan fingerprint density at radius 1 is 1.13 bits per heavy atom. The van der Waals surface area contributed by atoms with Crippen molar-refractivity contribution in [3.63, 3.8) is 0 Å². The van der Waals surface area contributed by atoms with E-state index in [9.17, 15) is 0 Å². The summed E-state index contributed by atoms with van der Waals surface area (Å²) in [5.74, 6) is 1.97. The Hall–Kier alpha value is -1.88. The molecule has 2 fully saturated rings. The average Bonchev–Trinajstić information content (AvgIpc) is 2.57. The Balaban J connectivity index is 1.91. The van der Waals surface area contributed by atoms with Crippen molar-refractivity contribution in [2.24, 2.45) is 9.98 Å². The summed E-state index contributed by atoms with van der Waals surface area (Å²) >= 11 is 0. The lowest BCUT2D eigenvalue weighted by atomic mass is 10.1. The number of guanidine groups is 1. The zero-order chi connectivity index (χ0) is 16.1. The number of hydrogen-bond donors (Lipinski definition) is 0. The molecule has 2 heterocycles. The van der Waals surface area contributed by atoms with Crippen LogP contribution in [0.3, 0.4) is 0 Å². The summed E-state index contributed by atoms with van der Waals surface area (Å²) < 4.78 is 5.47. The molecule has 2 aliphatic rings. The molecule has 5 heteroatoms. The largest absolute Gasteiger partial charge is 0.378 e. The fourth-order valence-corrected chi connectivity index (χ4v) is 2.95. The quantitative estimate of drug-likeness (QED) is 0.591. The average molecular weight is 314 g/mol. The van der Waals surface area contributed by atoms with Gasteiger partial charge in [0.1, 0.15) is 5.84 Å². The van der Waals surface area contributed by atoms with Crippen LogP contribution in [0.25, 0.3) is 0 Å². The molecule has 1 aromatic rings. The van der Waals surface area contributed by atoms with Crippen molar-refractivity contribution < 1.29 is 4.74 Å². The van der Waals surface area contributed by atoms with Gasteiger partial charge in [0.2, 0.25) is 5.96 Å². The van der Waals surface area contributed by atoms with E-state index in [1.807, 2.05) is 12.1 Å². The zero-order valence-electron chi connectivity index (χ0n) is 14.2. The SMILES string of the molecule is Cc1cccc(N=C(N=C2CCCCN2C)N2CCOCC2)c1. The molecule has 0 amide bonds. The van der Waals surface area contributed by atoms with Gasteiger partial charge in [0.05, 0.1) is 18.9 Å². The second-order valence-corrected chi connectivity index (χ2v) is 6.26. The Labute approximate surface area is 138 Å². The number of aryl methyl sites for hydroxylation is 1. The first-order valence-corrected chi connectivity index (χ1v) is 8.49. The molecule has 0 spiro atoms. The summed E-state index contributed by atoms with van der Waals surface area (Å²) in [6.45, 7) is 6.37. The topological polar surface area (TPSA) is 40.4 Å². The van der Waals surface area contributed by atoms with Crippen LogP contribution >= 0.6 is 0 Å². The van der Waals surface area contributed by atoms with Crippen LogP contribution in [-0.2, 0) is 4.74 Å². The molecule has 1 aromatic carbocycles. The van der Waals surface area contributed by atoms with E-state index in [0.717, 1.165) is 56.8 Å². The molecule has 2 aliphatic heterocycles. The van der Waals surface area contributed by atoms with E-state index in [2.05, 4.69) is 35.9 Å². The Kier molecular flexibility index (Phi) is 5.28. The van der Waals surface area contributed by atoms with Crippen LogP contribution < -0.4 is 0 Å². The predicted octanol–water partition coefficient (Wildman–Crippen LogP) is 2.83. The molecule has 0 atom stereocenters. The predicted molar refractivity (Wildman–Crippen MR) is 94.6 cm³/mol. The maximum absolute atomic E-state index is 5.47. The van der Waals surface area contributed by atoms with Crippen molar-refractivity contribution in [2.45, 2.75) is 26.2 Å². The lowest BCUT2D eigenvalue weighted by Gasteiger charge is -2.30. The molecular weight excluding hydrogens is 288 g/mol. The van der Waals surface area contributed by atoms with Crippen molar-refractivity contribution >= 4 is 17.5 Å². The zero-order valence-corrected chi connectivity index (χ0v) is 14.2. The number of ether oxygens (including phenoxy) is 1.